The van der Waals surface area contributed by atoms with Crippen LogP contribution >= 0.6 is 0 Å². The first kappa shape index (κ1) is 26.7. The lowest BCUT2D eigenvalue weighted by Gasteiger charge is -2.25. The molecule has 0 atom stereocenters. The molecule has 4 amide bonds. The van der Waals surface area contributed by atoms with Crippen LogP contribution in [0.1, 0.15) is 44.9 Å². The highest BCUT2D eigenvalue weighted by atomic mass is 16.3. The third-order valence-corrected chi connectivity index (χ3v) is 6.29. The van der Waals surface area contributed by atoms with Crippen molar-refractivity contribution in [2.75, 3.05) is 52.9 Å². The lowest BCUT2D eigenvalue weighted by Crippen LogP contribution is -2.35. The number of piperidine rings is 2. The fourth-order valence-corrected chi connectivity index (χ4v) is 4.25. The van der Waals surface area contributed by atoms with E-state index in [0.29, 0.717) is 0 Å². The summed E-state index contributed by atoms with van der Waals surface area (Å²) < 4.78 is 2.12. The van der Waals surface area contributed by atoms with Gasteiger partial charge in [0.25, 0.3) is 0 Å². The summed E-state index contributed by atoms with van der Waals surface area (Å²) >= 11 is 0. The molecule has 2 saturated heterocycles. The van der Waals surface area contributed by atoms with E-state index in [9.17, 15) is 9.59 Å². The zero-order valence-corrected chi connectivity index (χ0v) is 20.8. The minimum absolute atomic E-state index is 0.217. The van der Waals surface area contributed by atoms with Crippen LogP contribution in [0.5, 0.6) is 0 Å². The van der Waals surface area contributed by atoms with Crippen molar-refractivity contribution in [2.24, 2.45) is 10.2 Å². The van der Waals surface area contributed by atoms with Crippen LogP contribution in [0.3, 0.4) is 0 Å². The first-order chi connectivity index (χ1) is 17.1. The number of rotatable bonds is 6. The quantitative estimate of drug-likeness (QED) is 0.625. The van der Waals surface area contributed by atoms with Crippen molar-refractivity contribution in [1.82, 2.24) is 29.2 Å². The molecule has 2 aliphatic rings. The number of hydrogen-bond acceptors (Lipinski definition) is 6. The van der Waals surface area contributed by atoms with Gasteiger partial charge in [-0.1, -0.05) is 10.2 Å². The molecule has 4 heterocycles. The Kier molecular flexibility index (Phi) is 11.0. The lowest BCUT2D eigenvalue weighted by atomic mass is 10.1. The van der Waals surface area contributed by atoms with Crippen molar-refractivity contribution < 1.29 is 14.7 Å². The largest absolute Gasteiger partial charge is 0.395 e. The van der Waals surface area contributed by atoms with Crippen LogP contribution in [0.2, 0.25) is 0 Å². The number of pyridine rings is 1. The maximum absolute atomic E-state index is 11.7. The van der Waals surface area contributed by atoms with Gasteiger partial charge in [-0.2, -0.15) is 0 Å². The number of urea groups is 2. The molecular formula is C24H38N8O3. The van der Waals surface area contributed by atoms with Gasteiger partial charge in [0.05, 0.1) is 18.5 Å². The maximum atomic E-state index is 11.7. The Morgan fingerprint density at radius 3 is 2.11 bits per heavy atom. The van der Waals surface area contributed by atoms with E-state index < -0.39 is 0 Å². The Labute approximate surface area is 206 Å². The number of aliphatic hydroxyl groups is 1. The number of likely N-dealkylation sites (tertiary alicyclic amines) is 2. The van der Waals surface area contributed by atoms with Gasteiger partial charge in [0, 0.05) is 45.5 Å². The van der Waals surface area contributed by atoms with E-state index in [1.54, 1.807) is 16.0 Å². The zero-order chi connectivity index (χ0) is 24.9. The molecule has 2 fully saturated rings. The van der Waals surface area contributed by atoms with Crippen molar-refractivity contribution in [1.29, 1.82) is 0 Å². The predicted octanol–water partition coefficient (Wildman–Crippen LogP) is 3.40. The van der Waals surface area contributed by atoms with Gasteiger partial charge in [-0.3, -0.25) is 0 Å². The third kappa shape index (κ3) is 8.66. The van der Waals surface area contributed by atoms with E-state index in [0.717, 1.165) is 102 Å². The van der Waals surface area contributed by atoms with Gasteiger partial charge in [0.1, 0.15) is 0 Å². The SMILES string of the molecule is CN(CCO)CCCn1cnc2ncccc21.O=C(N=NC(=O)N1CCCCC1)N1CCCCC1. The highest BCUT2D eigenvalue weighted by Gasteiger charge is 2.19. The number of carbonyl (C=O) groups excluding carboxylic acids is 2. The predicted molar refractivity (Wildman–Crippen MR) is 133 cm³/mol. The van der Waals surface area contributed by atoms with Crippen LogP contribution in [-0.4, -0.2) is 99.3 Å². The second-order valence-corrected chi connectivity index (χ2v) is 9.03. The fraction of sp³-hybridized carbons (Fsp3) is 0.667. The number of aromatic nitrogens is 3. The van der Waals surface area contributed by atoms with Gasteiger partial charge >= 0.3 is 12.1 Å². The molecule has 0 radical (unpaired) electrons. The summed E-state index contributed by atoms with van der Waals surface area (Å²) in [5.74, 6) is 0. The van der Waals surface area contributed by atoms with Crippen LogP contribution < -0.4 is 0 Å². The van der Waals surface area contributed by atoms with Gasteiger partial charge in [0.2, 0.25) is 0 Å². The molecule has 0 spiro atoms. The molecule has 0 aromatic carbocycles. The van der Waals surface area contributed by atoms with Crippen molar-refractivity contribution in [3.63, 3.8) is 0 Å². The van der Waals surface area contributed by atoms with E-state index in [4.69, 9.17) is 5.11 Å². The number of amides is 4. The Balaban J connectivity index is 0.000000196. The Morgan fingerprint density at radius 1 is 0.943 bits per heavy atom. The number of carbonyl (C=O) groups is 2. The monoisotopic (exact) mass is 486 g/mol. The average Bonchev–Trinajstić information content (AvgIpc) is 3.32. The summed E-state index contributed by atoms with van der Waals surface area (Å²) in [6.45, 7) is 5.77. The molecular weight excluding hydrogens is 448 g/mol. The minimum Gasteiger partial charge on any atom is -0.395 e. The van der Waals surface area contributed by atoms with Crippen LogP contribution in [-0.2, 0) is 6.54 Å². The molecule has 0 unspecified atom stereocenters. The lowest BCUT2D eigenvalue weighted by molar-refractivity contribution is 0.187. The zero-order valence-electron chi connectivity index (χ0n) is 20.8. The second kappa shape index (κ2) is 14.5. The standard InChI is InChI=1S/C12H20N4O2.C12H18N4O/c17-11(15-7-3-1-4-8-15)13-14-12(18)16-9-5-2-6-10-16;1-15(8-9-17)6-3-7-16-10-14-12-11(16)4-2-5-13-12/h1-10H2;2,4-5,10,17H,3,6-9H2,1H3. The molecule has 2 aliphatic heterocycles. The van der Waals surface area contributed by atoms with Crippen LogP contribution in [0.15, 0.2) is 34.9 Å². The van der Waals surface area contributed by atoms with E-state index in [1.807, 2.05) is 25.5 Å². The Hall–Kier alpha value is -2.92. The molecule has 2 aromatic heterocycles. The third-order valence-electron chi connectivity index (χ3n) is 6.29. The van der Waals surface area contributed by atoms with Crippen LogP contribution in [0.4, 0.5) is 9.59 Å². The summed E-state index contributed by atoms with van der Waals surface area (Å²) in [4.78, 5) is 37.3. The van der Waals surface area contributed by atoms with Crippen molar-refractivity contribution in [3.05, 3.63) is 24.7 Å². The van der Waals surface area contributed by atoms with E-state index in [-0.39, 0.29) is 18.7 Å². The number of nitrogens with zero attached hydrogens (tertiary/aromatic N) is 8. The van der Waals surface area contributed by atoms with Gasteiger partial charge < -0.3 is 24.4 Å². The molecule has 0 aliphatic carbocycles. The van der Waals surface area contributed by atoms with E-state index in [2.05, 4.69) is 29.7 Å². The number of hydrogen-bond donors (Lipinski definition) is 1. The minimum atomic E-state index is -0.375. The van der Waals surface area contributed by atoms with E-state index >= 15 is 0 Å². The summed E-state index contributed by atoms with van der Waals surface area (Å²) in [5, 5.41) is 15.9. The molecule has 11 heteroatoms. The summed E-state index contributed by atoms with van der Waals surface area (Å²) in [7, 11) is 2.02. The highest BCUT2D eigenvalue weighted by molar-refractivity contribution is 5.79. The molecule has 4 rings (SSSR count). The van der Waals surface area contributed by atoms with Gasteiger partial charge in [0.15, 0.2) is 5.65 Å². The molecule has 192 valence electrons. The highest BCUT2D eigenvalue weighted by Crippen LogP contribution is 2.12. The first-order valence-corrected chi connectivity index (χ1v) is 12.6. The fourth-order valence-electron chi connectivity index (χ4n) is 4.25. The average molecular weight is 487 g/mol. The first-order valence-electron chi connectivity index (χ1n) is 12.6. The van der Waals surface area contributed by atoms with Crippen molar-refractivity contribution >= 4 is 23.2 Å². The summed E-state index contributed by atoms with van der Waals surface area (Å²) in [5.41, 5.74) is 1.88. The van der Waals surface area contributed by atoms with Gasteiger partial charge in [-0.15, -0.1) is 0 Å². The second-order valence-electron chi connectivity index (χ2n) is 9.03. The normalized spacial score (nSPS) is 16.5. The summed E-state index contributed by atoms with van der Waals surface area (Å²) in [6.07, 6.45) is 11.0. The number of azo groups is 1. The van der Waals surface area contributed by atoms with Crippen LogP contribution in [0, 0.1) is 0 Å². The van der Waals surface area contributed by atoms with Gasteiger partial charge in [-0.25, -0.2) is 19.6 Å². The molecule has 1 N–H and O–H groups in total. The smallest absolute Gasteiger partial charge is 0.362 e. The molecule has 0 saturated carbocycles. The number of fused-ring (bicyclic) bond motifs is 1. The molecule has 11 nitrogen and oxygen atoms in total. The van der Waals surface area contributed by atoms with Crippen molar-refractivity contribution in [2.45, 2.75) is 51.5 Å². The number of aryl methyl sites for hydroxylation is 1. The topological polar surface area (TPSA) is 120 Å². The van der Waals surface area contributed by atoms with Crippen LogP contribution in [0.25, 0.3) is 11.2 Å². The number of imidazole rings is 1. The van der Waals surface area contributed by atoms with E-state index in [1.165, 1.54) is 0 Å². The Bertz CT molecular complexity index is 919. The number of likely N-dealkylation sites (N-methyl/N-ethyl adjacent to an activating group) is 1. The number of aliphatic hydroxyl groups excluding tert-OH is 1. The maximum Gasteiger partial charge on any atom is 0.362 e. The molecule has 35 heavy (non-hydrogen) atoms. The molecule has 2 aromatic rings. The Morgan fingerprint density at radius 2 is 1.54 bits per heavy atom. The molecule has 0 bridgehead atoms. The van der Waals surface area contributed by atoms with Crippen molar-refractivity contribution in [3.8, 4) is 0 Å². The van der Waals surface area contributed by atoms with Gasteiger partial charge in [-0.05, 0) is 70.7 Å². The summed E-state index contributed by atoms with van der Waals surface area (Å²) in [6, 6.07) is 3.21.